The van der Waals surface area contributed by atoms with Gasteiger partial charge >= 0.3 is 0 Å². The van der Waals surface area contributed by atoms with E-state index in [-0.39, 0.29) is 5.91 Å². The van der Waals surface area contributed by atoms with Crippen molar-refractivity contribution < 1.29 is 4.79 Å². The molecule has 2 aliphatic rings. The van der Waals surface area contributed by atoms with Crippen LogP contribution < -0.4 is 10.2 Å². The van der Waals surface area contributed by atoms with Crippen molar-refractivity contribution >= 4 is 11.6 Å². The molecule has 2 aromatic rings. The SMILES string of the molecule is Cc1ccc(-c2cccc(N3CCC(N4CCCNC(=O)C4)CC3)c2)cc1. The maximum atomic E-state index is 11.9. The lowest BCUT2D eigenvalue weighted by Crippen LogP contribution is -2.47. The molecule has 4 nitrogen and oxygen atoms in total. The van der Waals surface area contributed by atoms with Gasteiger partial charge in [0.1, 0.15) is 0 Å². The van der Waals surface area contributed by atoms with Gasteiger partial charge in [0.15, 0.2) is 0 Å². The summed E-state index contributed by atoms with van der Waals surface area (Å²) in [4.78, 5) is 16.7. The Morgan fingerprint density at radius 2 is 1.74 bits per heavy atom. The highest BCUT2D eigenvalue weighted by atomic mass is 16.2. The number of hydrogen-bond donors (Lipinski definition) is 1. The number of anilines is 1. The van der Waals surface area contributed by atoms with E-state index in [9.17, 15) is 4.79 Å². The summed E-state index contributed by atoms with van der Waals surface area (Å²) in [7, 11) is 0. The molecular weight excluding hydrogens is 334 g/mol. The largest absolute Gasteiger partial charge is 0.371 e. The van der Waals surface area contributed by atoms with Crippen LogP contribution in [0.3, 0.4) is 0 Å². The molecule has 0 atom stereocenters. The van der Waals surface area contributed by atoms with E-state index in [1.54, 1.807) is 0 Å². The lowest BCUT2D eigenvalue weighted by Gasteiger charge is -2.38. The van der Waals surface area contributed by atoms with E-state index in [0.717, 1.165) is 45.4 Å². The number of piperidine rings is 1. The Bertz CT molecular complexity index is 778. The van der Waals surface area contributed by atoms with Gasteiger partial charge in [0.2, 0.25) is 5.91 Å². The predicted octanol–water partition coefficient (Wildman–Crippen LogP) is 3.45. The highest BCUT2D eigenvalue weighted by molar-refractivity contribution is 5.78. The fourth-order valence-corrected chi connectivity index (χ4v) is 4.26. The van der Waals surface area contributed by atoms with Gasteiger partial charge < -0.3 is 10.2 Å². The molecule has 1 amide bonds. The Hall–Kier alpha value is -2.33. The molecule has 2 aliphatic heterocycles. The van der Waals surface area contributed by atoms with Crippen LogP contribution in [-0.4, -0.2) is 49.6 Å². The highest BCUT2D eigenvalue weighted by Crippen LogP contribution is 2.28. The number of amides is 1. The molecule has 0 aliphatic carbocycles. The number of carbonyl (C=O) groups excluding carboxylic acids is 1. The summed E-state index contributed by atoms with van der Waals surface area (Å²) in [6.45, 7) is 6.65. The van der Waals surface area contributed by atoms with Gasteiger partial charge in [-0.05, 0) is 49.4 Å². The summed E-state index contributed by atoms with van der Waals surface area (Å²) in [5.41, 5.74) is 5.14. The molecule has 4 heteroatoms. The molecule has 0 radical (unpaired) electrons. The van der Waals surface area contributed by atoms with E-state index < -0.39 is 0 Å². The second kappa shape index (κ2) is 8.13. The fraction of sp³-hybridized carbons (Fsp3) is 0.435. The minimum absolute atomic E-state index is 0.181. The van der Waals surface area contributed by atoms with Gasteiger partial charge in [-0.3, -0.25) is 9.69 Å². The van der Waals surface area contributed by atoms with Gasteiger partial charge in [0.25, 0.3) is 0 Å². The smallest absolute Gasteiger partial charge is 0.234 e. The van der Waals surface area contributed by atoms with Crippen molar-refractivity contribution in [3.8, 4) is 11.1 Å². The van der Waals surface area contributed by atoms with Gasteiger partial charge in [-0.1, -0.05) is 42.0 Å². The van der Waals surface area contributed by atoms with E-state index in [0.29, 0.717) is 12.6 Å². The lowest BCUT2D eigenvalue weighted by atomic mass is 10.00. The first-order chi connectivity index (χ1) is 13.2. The number of nitrogens with one attached hydrogen (secondary N) is 1. The van der Waals surface area contributed by atoms with Gasteiger partial charge in [0.05, 0.1) is 6.54 Å². The quantitative estimate of drug-likeness (QED) is 0.907. The van der Waals surface area contributed by atoms with Crippen molar-refractivity contribution in [1.82, 2.24) is 10.2 Å². The topological polar surface area (TPSA) is 35.6 Å². The van der Waals surface area contributed by atoms with Crippen LogP contribution in [0.4, 0.5) is 5.69 Å². The standard InChI is InChI=1S/C23H29N3O/c1-18-6-8-19(9-7-18)20-4-2-5-22(16-20)25-14-10-21(11-15-25)26-13-3-12-24-23(27)17-26/h2,4-9,16,21H,3,10-15,17H2,1H3,(H,24,27). The first-order valence-electron chi connectivity index (χ1n) is 10.1. The Morgan fingerprint density at radius 3 is 2.52 bits per heavy atom. The van der Waals surface area contributed by atoms with E-state index >= 15 is 0 Å². The monoisotopic (exact) mass is 363 g/mol. The molecule has 4 rings (SSSR count). The van der Waals surface area contributed by atoms with E-state index in [1.165, 1.54) is 22.4 Å². The first kappa shape index (κ1) is 18.1. The number of nitrogens with zero attached hydrogens (tertiary/aromatic N) is 2. The van der Waals surface area contributed by atoms with Crippen LogP contribution in [0.25, 0.3) is 11.1 Å². The summed E-state index contributed by atoms with van der Waals surface area (Å²) in [6, 6.07) is 18.2. The van der Waals surface area contributed by atoms with Crippen molar-refractivity contribution in [2.45, 2.75) is 32.2 Å². The molecule has 0 aromatic heterocycles. The van der Waals surface area contributed by atoms with Crippen molar-refractivity contribution in [2.75, 3.05) is 37.6 Å². The van der Waals surface area contributed by atoms with Gasteiger partial charge in [-0.2, -0.15) is 0 Å². The Labute approximate surface area is 162 Å². The van der Waals surface area contributed by atoms with Crippen molar-refractivity contribution in [1.29, 1.82) is 0 Å². The molecule has 0 spiro atoms. The third-order valence-corrected chi connectivity index (χ3v) is 5.87. The summed E-state index contributed by atoms with van der Waals surface area (Å²) in [5.74, 6) is 0.181. The Balaban J connectivity index is 1.41. The van der Waals surface area contributed by atoms with E-state index in [1.807, 2.05) is 0 Å². The first-order valence-corrected chi connectivity index (χ1v) is 10.1. The van der Waals surface area contributed by atoms with Gasteiger partial charge in [0, 0.05) is 37.9 Å². The molecule has 2 heterocycles. The van der Waals surface area contributed by atoms with Crippen LogP contribution in [0.1, 0.15) is 24.8 Å². The number of rotatable bonds is 3. The van der Waals surface area contributed by atoms with Crippen LogP contribution in [0.5, 0.6) is 0 Å². The average molecular weight is 364 g/mol. The predicted molar refractivity (Wildman–Crippen MR) is 111 cm³/mol. The molecule has 2 aromatic carbocycles. The number of hydrogen-bond acceptors (Lipinski definition) is 3. The van der Waals surface area contributed by atoms with Crippen molar-refractivity contribution in [3.63, 3.8) is 0 Å². The molecule has 2 fully saturated rings. The van der Waals surface area contributed by atoms with Crippen molar-refractivity contribution in [2.24, 2.45) is 0 Å². The van der Waals surface area contributed by atoms with E-state index in [4.69, 9.17) is 0 Å². The third kappa shape index (κ3) is 4.33. The average Bonchev–Trinajstić information content (AvgIpc) is 2.93. The summed E-state index contributed by atoms with van der Waals surface area (Å²) < 4.78 is 0. The zero-order chi connectivity index (χ0) is 18.6. The van der Waals surface area contributed by atoms with Crippen LogP contribution in [-0.2, 0) is 4.79 Å². The van der Waals surface area contributed by atoms with E-state index in [2.05, 4.69) is 70.6 Å². The zero-order valence-electron chi connectivity index (χ0n) is 16.2. The summed E-state index contributed by atoms with van der Waals surface area (Å²) in [5, 5.41) is 2.98. The van der Waals surface area contributed by atoms with Gasteiger partial charge in [-0.15, -0.1) is 0 Å². The Morgan fingerprint density at radius 1 is 0.963 bits per heavy atom. The lowest BCUT2D eigenvalue weighted by molar-refractivity contribution is -0.122. The number of aryl methyl sites for hydroxylation is 1. The third-order valence-electron chi connectivity index (χ3n) is 5.87. The zero-order valence-corrected chi connectivity index (χ0v) is 16.2. The van der Waals surface area contributed by atoms with Crippen LogP contribution >= 0.6 is 0 Å². The minimum Gasteiger partial charge on any atom is -0.371 e. The molecule has 1 N–H and O–H groups in total. The van der Waals surface area contributed by atoms with Crippen LogP contribution in [0, 0.1) is 6.92 Å². The second-order valence-corrected chi connectivity index (χ2v) is 7.81. The fourth-order valence-electron chi connectivity index (χ4n) is 4.26. The molecule has 142 valence electrons. The molecular formula is C23H29N3O. The number of benzene rings is 2. The van der Waals surface area contributed by atoms with Crippen LogP contribution in [0.15, 0.2) is 48.5 Å². The number of carbonyl (C=O) groups is 1. The maximum absolute atomic E-state index is 11.9. The molecule has 27 heavy (non-hydrogen) atoms. The second-order valence-electron chi connectivity index (χ2n) is 7.81. The highest BCUT2D eigenvalue weighted by Gasteiger charge is 2.27. The normalized spacial score (nSPS) is 19.6. The molecule has 2 saturated heterocycles. The summed E-state index contributed by atoms with van der Waals surface area (Å²) >= 11 is 0. The summed E-state index contributed by atoms with van der Waals surface area (Å²) in [6.07, 6.45) is 3.31. The molecule has 0 saturated carbocycles. The maximum Gasteiger partial charge on any atom is 0.234 e. The minimum atomic E-state index is 0.181. The van der Waals surface area contributed by atoms with Gasteiger partial charge in [-0.25, -0.2) is 0 Å². The molecule has 0 bridgehead atoms. The van der Waals surface area contributed by atoms with Crippen molar-refractivity contribution in [3.05, 3.63) is 54.1 Å². The molecule has 0 unspecified atom stereocenters. The van der Waals surface area contributed by atoms with Crippen LogP contribution in [0.2, 0.25) is 0 Å². The Kier molecular flexibility index (Phi) is 5.44.